The van der Waals surface area contributed by atoms with Crippen LogP contribution in [0.15, 0.2) is 0 Å². The highest BCUT2D eigenvalue weighted by Crippen LogP contribution is 1.91. The number of carbonyl (C=O) groups excluding carboxylic acids is 1. The molecule has 0 atom stereocenters. The minimum absolute atomic E-state index is 0.104. The van der Waals surface area contributed by atoms with E-state index in [0.717, 1.165) is 0 Å². The average molecular weight is 131 g/mol. The maximum Gasteiger partial charge on any atom is 0.466 e. The third-order valence-corrected chi connectivity index (χ3v) is 0.894. The first-order valence-electron chi connectivity index (χ1n) is 2.54. The van der Waals surface area contributed by atoms with Gasteiger partial charge in [0.05, 0.1) is 6.32 Å². The highest BCUT2D eigenvalue weighted by Gasteiger charge is 2.16. The first-order valence-corrected chi connectivity index (χ1v) is 2.54. The highest BCUT2D eigenvalue weighted by atomic mass is 16.6. The molecule has 0 saturated heterocycles. The quantitative estimate of drug-likeness (QED) is 0.510. The summed E-state index contributed by atoms with van der Waals surface area (Å²) >= 11 is 0. The summed E-state index contributed by atoms with van der Waals surface area (Å²) in [4.78, 5) is 10.2. The number of nitrogens with two attached hydrogens (primary N) is 1. The van der Waals surface area contributed by atoms with Crippen molar-refractivity contribution < 1.29 is 14.1 Å². The van der Waals surface area contributed by atoms with Crippen LogP contribution < -0.4 is 5.73 Å². The molecule has 1 amide bonds. The summed E-state index contributed by atoms with van der Waals surface area (Å²) < 4.78 is 9.37. The summed E-state index contributed by atoms with van der Waals surface area (Å²) in [5, 5.41) is 0. The Balaban J connectivity index is 3.43. The molecule has 9 heavy (non-hydrogen) atoms. The smallest absolute Gasteiger partial charge is 0.414 e. The van der Waals surface area contributed by atoms with E-state index in [2.05, 4.69) is 9.31 Å². The predicted molar refractivity (Wildman–Crippen MR) is 33.8 cm³/mol. The minimum Gasteiger partial charge on any atom is -0.414 e. The Morgan fingerprint density at radius 3 is 2.11 bits per heavy atom. The van der Waals surface area contributed by atoms with Crippen LogP contribution in [0.4, 0.5) is 0 Å². The fraction of sp³-hybridized carbons (Fsp3) is 0.750. The van der Waals surface area contributed by atoms with Gasteiger partial charge in [-0.25, -0.2) is 0 Å². The average Bonchev–Trinajstić information content (AvgIpc) is 1.82. The summed E-state index contributed by atoms with van der Waals surface area (Å²) in [5.41, 5.74) is 4.85. The van der Waals surface area contributed by atoms with Crippen molar-refractivity contribution in [2.45, 2.75) is 6.32 Å². The lowest BCUT2D eigenvalue weighted by molar-refractivity contribution is -0.116. The summed E-state index contributed by atoms with van der Waals surface area (Å²) in [7, 11) is 2.41. The monoisotopic (exact) mass is 131 g/mol. The van der Waals surface area contributed by atoms with Gasteiger partial charge in [-0.1, -0.05) is 0 Å². The van der Waals surface area contributed by atoms with Crippen molar-refractivity contribution in [1.82, 2.24) is 0 Å². The fourth-order valence-electron chi connectivity index (χ4n) is 0.427. The lowest BCUT2D eigenvalue weighted by Gasteiger charge is -2.03. The van der Waals surface area contributed by atoms with E-state index in [-0.39, 0.29) is 6.32 Å². The molecule has 0 fully saturated rings. The number of hydrogen-bond donors (Lipinski definition) is 1. The lowest BCUT2D eigenvalue weighted by Crippen LogP contribution is -2.26. The Hall–Kier alpha value is -0.545. The first-order chi connectivity index (χ1) is 4.20. The molecule has 0 bridgehead atoms. The van der Waals surface area contributed by atoms with Gasteiger partial charge in [-0.15, -0.1) is 0 Å². The van der Waals surface area contributed by atoms with Gasteiger partial charge in [-0.05, 0) is 0 Å². The molecule has 0 aliphatic carbocycles. The molecule has 5 heteroatoms. The standard InChI is InChI=1S/C4H10BNO3/c1-8-5(9-2)3-4(6)7/h3H2,1-2H3,(H2,6,7). The minimum atomic E-state index is -0.498. The van der Waals surface area contributed by atoms with Crippen molar-refractivity contribution in [3.8, 4) is 0 Å². The predicted octanol–water partition coefficient (Wildman–Crippen LogP) is -0.747. The molecule has 0 aromatic rings. The van der Waals surface area contributed by atoms with Crippen molar-refractivity contribution in [3.63, 3.8) is 0 Å². The molecule has 4 nitrogen and oxygen atoms in total. The largest absolute Gasteiger partial charge is 0.466 e. The van der Waals surface area contributed by atoms with Crippen LogP contribution in [0.3, 0.4) is 0 Å². The van der Waals surface area contributed by atoms with Crippen molar-refractivity contribution in [2.75, 3.05) is 14.2 Å². The molecule has 0 aromatic carbocycles. The van der Waals surface area contributed by atoms with Gasteiger partial charge in [0.1, 0.15) is 0 Å². The topological polar surface area (TPSA) is 61.5 Å². The van der Waals surface area contributed by atoms with E-state index in [4.69, 9.17) is 5.73 Å². The molecule has 0 aliphatic heterocycles. The molecule has 0 radical (unpaired) electrons. The zero-order chi connectivity index (χ0) is 7.28. The Bertz CT molecular complexity index is 93.8. The summed E-state index contributed by atoms with van der Waals surface area (Å²) in [6, 6.07) is 0. The van der Waals surface area contributed by atoms with Gasteiger partial charge in [0.2, 0.25) is 5.91 Å². The van der Waals surface area contributed by atoms with Gasteiger partial charge in [0.25, 0.3) is 0 Å². The van der Waals surface area contributed by atoms with Gasteiger partial charge >= 0.3 is 7.12 Å². The second-order valence-corrected chi connectivity index (χ2v) is 1.57. The Morgan fingerprint density at radius 1 is 1.56 bits per heavy atom. The van der Waals surface area contributed by atoms with E-state index in [9.17, 15) is 4.79 Å². The van der Waals surface area contributed by atoms with Crippen LogP contribution in [0, 0.1) is 0 Å². The molecule has 2 N–H and O–H groups in total. The van der Waals surface area contributed by atoms with Gasteiger partial charge in [-0.2, -0.15) is 0 Å². The second-order valence-electron chi connectivity index (χ2n) is 1.57. The highest BCUT2D eigenvalue weighted by molar-refractivity contribution is 6.49. The Morgan fingerprint density at radius 2 is 2.00 bits per heavy atom. The fourth-order valence-corrected chi connectivity index (χ4v) is 0.427. The number of amides is 1. The molecule has 52 valence electrons. The third-order valence-electron chi connectivity index (χ3n) is 0.894. The Labute approximate surface area is 54.5 Å². The number of rotatable bonds is 4. The third kappa shape index (κ3) is 3.99. The van der Waals surface area contributed by atoms with Crippen LogP contribution in [0.5, 0.6) is 0 Å². The van der Waals surface area contributed by atoms with Gasteiger partial charge in [-0.3, -0.25) is 4.79 Å². The lowest BCUT2D eigenvalue weighted by atomic mass is 9.85. The summed E-state index contributed by atoms with van der Waals surface area (Å²) in [6.07, 6.45) is 0.104. The van der Waals surface area contributed by atoms with Crippen molar-refractivity contribution >= 4 is 13.0 Å². The molecule has 0 unspecified atom stereocenters. The second kappa shape index (κ2) is 4.35. The molecule has 0 saturated carbocycles. The number of hydrogen-bond acceptors (Lipinski definition) is 3. The maximum absolute atomic E-state index is 10.2. The van der Waals surface area contributed by atoms with E-state index < -0.39 is 13.0 Å². The SMILES string of the molecule is COB(CC(N)=O)OC. The molecule has 0 heterocycles. The summed E-state index contributed by atoms with van der Waals surface area (Å²) in [6.45, 7) is 0. The van der Waals surface area contributed by atoms with Crippen LogP contribution in [-0.4, -0.2) is 27.2 Å². The van der Waals surface area contributed by atoms with Crippen LogP contribution in [0.1, 0.15) is 0 Å². The molecule has 0 rings (SSSR count). The van der Waals surface area contributed by atoms with Gasteiger partial charge in [0, 0.05) is 14.2 Å². The van der Waals surface area contributed by atoms with E-state index in [1.165, 1.54) is 14.2 Å². The molecular formula is C4H10BNO3. The van der Waals surface area contributed by atoms with E-state index in [1.54, 1.807) is 0 Å². The molecule has 0 aromatic heterocycles. The van der Waals surface area contributed by atoms with E-state index >= 15 is 0 Å². The van der Waals surface area contributed by atoms with E-state index in [1.807, 2.05) is 0 Å². The van der Waals surface area contributed by atoms with Crippen LogP contribution >= 0.6 is 0 Å². The van der Waals surface area contributed by atoms with Crippen molar-refractivity contribution in [2.24, 2.45) is 5.73 Å². The van der Waals surface area contributed by atoms with Crippen LogP contribution in [-0.2, 0) is 14.1 Å². The molecule has 0 spiro atoms. The van der Waals surface area contributed by atoms with Crippen molar-refractivity contribution in [3.05, 3.63) is 0 Å². The zero-order valence-electron chi connectivity index (χ0n) is 5.59. The van der Waals surface area contributed by atoms with Gasteiger partial charge in [0.15, 0.2) is 0 Å². The zero-order valence-corrected chi connectivity index (χ0v) is 5.59. The molecular weight excluding hydrogens is 121 g/mol. The van der Waals surface area contributed by atoms with Crippen LogP contribution in [0.2, 0.25) is 6.32 Å². The number of carbonyl (C=O) groups is 1. The number of primary amides is 1. The normalized spacial score (nSPS) is 9.11. The first kappa shape index (κ1) is 8.45. The van der Waals surface area contributed by atoms with Crippen LogP contribution in [0.25, 0.3) is 0 Å². The summed E-state index contributed by atoms with van der Waals surface area (Å²) in [5.74, 6) is -0.427. The van der Waals surface area contributed by atoms with Crippen molar-refractivity contribution in [1.29, 1.82) is 0 Å². The molecule has 0 aliphatic rings. The van der Waals surface area contributed by atoms with E-state index in [0.29, 0.717) is 0 Å². The Kier molecular flexibility index (Phi) is 4.08. The van der Waals surface area contributed by atoms with Gasteiger partial charge < -0.3 is 15.0 Å². The maximum atomic E-state index is 10.2.